The minimum atomic E-state index is -5.07. The maximum Gasteiger partial charge on any atom is 0.416 e. The molecular weight excluding hydrogens is 648 g/mol. The van der Waals surface area contributed by atoms with Gasteiger partial charge in [-0.2, -0.15) is 26.3 Å². The van der Waals surface area contributed by atoms with Crippen LogP contribution in [0.5, 0.6) is 5.75 Å². The van der Waals surface area contributed by atoms with Gasteiger partial charge in [0.05, 0.1) is 42.1 Å². The van der Waals surface area contributed by atoms with Crippen LogP contribution in [0.25, 0.3) is 22.5 Å². The van der Waals surface area contributed by atoms with Crippen LogP contribution in [0.3, 0.4) is 0 Å². The number of benzene rings is 2. The Morgan fingerprint density at radius 1 is 0.979 bits per heavy atom. The van der Waals surface area contributed by atoms with Crippen molar-refractivity contribution in [2.24, 2.45) is 0 Å². The molecule has 2 aliphatic heterocycles. The maximum absolute atomic E-state index is 13.6. The van der Waals surface area contributed by atoms with Crippen molar-refractivity contribution in [1.82, 2.24) is 9.88 Å². The van der Waals surface area contributed by atoms with Crippen LogP contribution in [-0.2, 0) is 23.6 Å². The van der Waals surface area contributed by atoms with Crippen LogP contribution in [0.4, 0.5) is 37.0 Å². The lowest BCUT2D eigenvalue weighted by atomic mass is 9.96. The lowest BCUT2D eigenvalue weighted by Gasteiger charge is -2.33. The van der Waals surface area contributed by atoms with Gasteiger partial charge in [0.1, 0.15) is 29.7 Å². The Morgan fingerprint density at radius 3 is 2.23 bits per heavy atom. The van der Waals surface area contributed by atoms with Gasteiger partial charge in [-0.25, -0.2) is 14.6 Å². The number of amides is 1. The second kappa shape index (κ2) is 12.1. The van der Waals surface area contributed by atoms with Gasteiger partial charge < -0.3 is 23.9 Å². The average Bonchev–Trinajstić information content (AvgIpc) is 3.61. The molecule has 1 N–H and O–H groups in total. The minimum Gasteiger partial charge on any atom is -0.496 e. The third-order valence-electron chi connectivity index (χ3n) is 8.41. The van der Waals surface area contributed by atoms with Crippen LogP contribution in [-0.4, -0.2) is 53.3 Å². The van der Waals surface area contributed by atoms with Crippen molar-refractivity contribution in [1.29, 1.82) is 0 Å². The second-order valence-electron chi connectivity index (χ2n) is 11.4. The van der Waals surface area contributed by atoms with Gasteiger partial charge in [0.15, 0.2) is 0 Å². The predicted molar refractivity (Wildman–Crippen MR) is 158 cm³/mol. The van der Waals surface area contributed by atoms with Gasteiger partial charge in [-0.05, 0) is 73.5 Å². The van der Waals surface area contributed by atoms with E-state index in [1.807, 2.05) is 4.90 Å². The Kier molecular flexibility index (Phi) is 8.25. The molecule has 2 aliphatic rings. The van der Waals surface area contributed by atoms with E-state index in [1.54, 1.807) is 30.3 Å². The number of alkyl halides is 6. The summed E-state index contributed by atoms with van der Waals surface area (Å²) in [5.74, 6) is 0.109. The van der Waals surface area contributed by atoms with E-state index in [-0.39, 0.29) is 23.9 Å². The van der Waals surface area contributed by atoms with E-state index in [1.165, 1.54) is 25.0 Å². The highest BCUT2D eigenvalue weighted by atomic mass is 19.4. The number of pyridine rings is 1. The summed E-state index contributed by atoms with van der Waals surface area (Å²) in [6, 6.07) is 10.1. The summed E-state index contributed by atoms with van der Waals surface area (Å²) in [6.07, 6.45) is -10.5. The van der Waals surface area contributed by atoms with Crippen LogP contribution in [0, 0.1) is 0 Å². The Morgan fingerprint density at radius 2 is 1.67 bits per heavy atom. The van der Waals surface area contributed by atoms with E-state index in [2.05, 4.69) is 0 Å². The van der Waals surface area contributed by atoms with Gasteiger partial charge in [0.25, 0.3) is 0 Å². The fourth-order valence-electron chi connectivity index (χ4n) is 5.71. The smallest absolute Gasteiger partial charge is 0.416 e. The number of rotatable bonds is 8. The fourth-order valence-corrected chi connectivity index (χ4v) is 5.71. The molecule has 2 atom stereocenters. The molecule has 2 fully saturated rings. The number of methoxy groups -OCH3 is 1. The van der Waals surface area contributed by atoms with E-state index in [4.69, 9.17) is 18.9 Å². The molecule has 0 saturated carbocycles. The minimum absolute atomic E-state index is 0.0207. The number of furan rings is 1. The molecule has 15 heteroatoms. The van der Waals surface area contributed by atoms with Gasteiger partial charge in [0, 0.05) is 29.8 Å². The quantitative estimate of drug-likeness (QED) is 0.187. The molecular formula is C33H27F6N3O6. The third kappa shape index (κ3) is 6.23. The number of anilines is 1. The number of halogens is 6. The van der Waals surface area contributed by atoms with Gasteiger partial charge in [0.2, 0.25) is 0 Å². The van der Waals surface area contributed by atoms with Gasteiger partial charge in [-0.1, -0.05) is 0 Å². The van der Waals surface area contributed by atoms with Gasteiger partial charge in [-0.3, -0.25) is 4.90 Å². The number of ether oxygens (including phenoxy) is 2. The molecule has 0 aliphatic carbocycles. The average molecular weight is 676 g/mol. The summed E-state index contributed by atoms with van der Waals surface area (Å²) in [7, 11) is 1.45. The van der Waals surface area contributed by atoms with Crippen LogP contribution in [0.2, 0.25) is 0 Å². The SMILES string of the molecule is COc1ccc(-c2cc(C(=O)O)co2)cc1-c1ccc(N2CCC2)nc1CN1C(=O)O[C@H](c2cc(C(F)(F)F)cc(C(F)(F)F)c2)[C@@H]1C. The van der Waals surface area contributed by atoms with Crippen molar-refractivity contribution in [2.75, 3.05) is 25.1 Å². The molecule has 0 radical (unpaired) electrons. The van der Waals surface area contributed by atoms with Gasteiger partial charge in [-0.15, -0.1) is 0 Å². The van der Waals surface area contributed by atoms with Crippen LogP contribution in [0.1, 0.15) is 52.2 Å². The zero-order chi connectivity index (χ0) is 34.5. The number of carbonyl (C=O) groups excluding carboxylic acids is 1. The summed E-state index contributed by atoms with van der Waals surface area (Å²) in [6.45, 7) is 2.75. The van der Waals surface area contributed by atoms with Crippen molar-refractivity contribution >= 4 is 17.9 Å². The summed E-state index contributed by atoms with van der Waals surface area (Å²) in [5.41, 5.74) is -1.66. The number of cyclic esters (lactones) is 1. The van der Waals surface area contributed by atoms with Gasteiger partial charge >= 0.3 is 24.4 Å². The maximum atomic E-state index is 13.6. The van der Waals surface area contributed by atoms with E-state index < -0.39 is 53.3 Å². The normalized spacial score (nSPS) is 18.1. The first-order valence-electron chi connectivity index (χ1n) is 14.7. The molecule has 1 amide bonds. The summed E-state index contributed by atoms with van der Waals surface area (Å²) >= 11 is 0. The van der Waals surface area contributed by atoms with Crippen molar-refractivity contribution < 1.29 is 54.9 Å². The molecule has 252 valence electrons. The fraction of sp³-hybridized carbons (Fsp3) is 0.303. The molecule has 4 heterocycles. The van der Waals surface area contributed by atoms with Crippen molar-refractivity contribution in [3.8, 4) is 28.2 Å². The van der Waals surface area contributed by atoms with E-state index >= 15 is 0 Å². The number of carboxylic acids is 1. The highest BCUT2D eigenvalue weighted by Gasteiger charge is 2.43. The molecule has 4 aromatic rings. The Labute approximate surface area is 269 Å². The highest BCUT2D eigenvalue weighted by molar-refractivity contribution is 5.89. The topological polar surface area (TPSA) is 105 Å². The summed E-state index contributed by atoms with van der Waals surface area (Å²) in [4.78, 5) is 32.7. The van der Waals surface area contributed by atoms with Crippen LogP contribution < -0.4 is 9.64 Å². The zero-order valence-corrected chi connectivity index (χ0v) is 25.4. The Bertz CT molecular complexity index is 1850. The first-order chi connectivity index (χ1) is 22.6. The lowest BCUT2D eigenvalue weighted by molar-refractivity contribution is -0.143. The lowest BCUT2D eigenvalue weighted by Crippen LogP contribution is -2.38. The largest absolute Gasteiger partial charge is 0.496 e. The molecule has 2 aromatic heterocycles. The van der Waals surface area contributed by atoms with Crippen molar-refractivity contribution in [2.45, 2.75) is 44.4 Å². The molecule has 6 rings (SSSR count). The van der Waals surface area contributed by atoms with E-state index in [9.17, 15) is 41.0 Å². The Balaban J connectivity index is 1.39. The first-order valence-corrected chi connectivity index (χ1v) is 14.7. The number of hydrogen-bond acceptors (Lipinski definition) is 7. The number of carboxylic acid groups (broad SMARTS) is 1. The molecule has 2 aromatic carbocycles. The number of hydrogen-bond donors (Lipinski definition) is 1. The number of aromatic nitrogens is 1. The standard InChI is InChI=1S/C33H27F6N3O6/c1-17-29(19-10-21(32(34,35)36)14-22(11-19)33(37,38)39)48-31(45)42(17)15-25-23(5-7-28(40-25)41-8-3-9-41)24-12-18(4-6-26(24)46-2)27-13-20(16-47-27)30(43)44/h4-7,10-14,16-17,29H,3,8-9,15H2,1-2H3,(H,43,44)/t17-,29-/m0/s1. The van der Waals surface area contributed by atoms with E-state index in [0.717, 1.165) is 25.8 Å². The molecule has 0 spiro atoms. The second-order valence-corrected chi connectivity index (χ2v) is 11.4. The predicted octanol–water partition coefficient (Wildman–Crippen LogP) is 8.05. The first kappa shape index (κ1) is 32.7. The summed E-state index contributed by atoms with van der Waals surface area (Å²) < 4.78 is 98.1. The highest BCUT2D eigenvalue weighted by Crippen LogP contribution is 2.43. The Hall–Kier alpha value is -5.21. The van der Waals surface area contributed by atoms with Crippen LogP contribution >= 0.6 is 0 Å². The molecule has 48 heavy (non-hydrogen) atoms. The third-order valence-corrected chi connectivity index (χ3v) is 8.41. The van der Waals surface area contributed by atoms with Crippen molar-refractivity contribution in [3.63, 3.8) is 0 Å². The molecule has 2 saturated heterocycles. The summed E-state index contributed by atoms with van der Waals surface area (Å²) in [5, 5.41) is 9.33. The number of nitrogens with zero attached hydrogens (tertiary/aromatic N) is 3. The van der Waals surface area contributed by atoms with Crippen molar-refractivity contribution in [3.05, 3.63) is 88.8 Å². The molecule has 0 unspecified atom stereocenters. The molecule has 9 nitrogen and oxygen atoms in total. The van der Waals surface area contributed by atoms with Crippen LogP contribution in [0.15, 0.2) is 65.3 Å². The molecule has 0 bridgehead atoms. The number of aromatic carboxylic acids is 1. The monoisotopic (exact) mass is 675 g/mol. The number of carbonyl (C=O) groups is 2. The van der Waals surface area contributed by atoms with E-state index in [0.29, 0.717) is 46.1 Å². The zero-order valence-electron chi connectivity index (χ0n) is 25.4.